The summed E-state index contributed by atoms with van der Waals surface area (Å²) in [5, 5.41) is 11.6. The predicted octanol–water partition coefficient (Wildman–Crippen LogP) is 4.11. The van der Waals surface area contributed by atoms with Gasteiger partial charge in [0.25, 0.3) is 0 Å². The highest BCUT2D eigenvalue weighted by molar-refractivity contribution is 7.08. The van der Waals surface area contributed by atoms with Crippen molar-refractivity contribution >= 4 is 34.7 Å². The fourth-order valence-electron chi connectivity index (χ4n) is 3.00. The maximum Gasteiger partial charge on any atom is 0.321 e. The molecular weight excluding hydrogens is 398 g/mol. The predicted molar refractivity (Wildman–Crippen MR) is 110 cm³/mol. The van der Waals surface area contributed by atoms with Crippen LogP contribution in [0.1, 0.15) is 11.5 Å². The lowest BCUT2D eigenvalue weighted by Crippen LogP contribution is -2.49. The molecule has 0 saturated carbocycles. The zero-order valence-corrected chi connectivity index (χ0v) is 17.0. The summed E-state index contributed by atoms with van der Waals surface area (Å²) >= 11 is 7.72. The van der Waals surface area contributed by atoms with Crippen LogP contribution in [0.5, 0.6) is 0 Å². The fraction of sp³-hybridized carbons (Fsp3) is 0.316. The molecule has 1 saturated heterocycles. The summed E-state index contributed by atoms with van der Waals surface area (Å²) in [6.07, 6.45) is 0. The van der Waals surface area contributed by atoms with Gasteiger partial charge in [-0.2, -0.15) is 16.3 Å². The number of urea groups is 1. The van der Waals surface area contributed by atoms with E-state index in [0.29, 0.717) is 42.1 Å². The Kier molecular flexibility index (Phi) is 5.61. The third-order valence-electron chi connectivity index (χ3n) is 4.69. The van der Waals surface area contributed by atoms with E-state index >= 15 is 0 Å². The van der Waals surface area contributed by atoms with Gasteiger partial charge in [0.15, 0.2) is 0 Å². The molecule has 0 atom stereocenters. The first-order chi connectivity index (χ1) is 13.6. The highest BCUT2D eigenvalue weighted by atomic mass is 35.5. The molecule has 146 valence electrons. The summed E-state index contributed by atoms with van der Waals surface area (Å²) in [5.41, 5.74) is 2.66. The van der Waals surface area contributed by atoms with E-state index in [9.17, 15) is 4.79 Å². The third kappa shape index (κ3) is 4.35. The number of benzene rings is 1. The lowest BCUT2D eigenvalue weighted by atomic mass is 10.2. The quantitative estimate of drug-likeness (QED) is 0.691. The van der Waals surface area contributed by atoms with Crippen molar-refractivity contribution in [2.75, 3.05) is 31.5 Å². The Morgan fingerprint density at radius 1 is 1.29 bits per heavy atom. The first kappa shape index (κ1) is 18.9. The molecule has 3 aromatic rings. The summed E-state index contributed by atoms with van der Waals surface area (Å²) in [6.45, 7) is 5.28. The lowest BCUT2D eigenvalue weighted by molar-refractivity contribution is 0.133. The van der Waals surface area contributed by atoms with Crippen LogP contribution in [-0.2, 0) is 6.54 Å². The molecule has 2 aromatic heterocycles. The number of piperazine rings is 1. The van der Waals surface area contributed by atoms with Crippen LogP contribution in [0.15, 0.2) is 39.5 Å². The Bertz CT molecular complexity index is 951. The summed E-state index contributed by atoms with van der Waals surface area (Å²) in [7, 11) is 0. The second kappa shape index (κ2) is 8.30. The average molecular weight is 418 g/mol. The normalized spacial score (nSPS) is 15.0. The molecule has 1 aliphatic rings. The van der Waals surface area contributed by atoms with Crippen molar-refractivity contribution in [3.8, 4) is 11.4 Å². The number of hydrogen-bond acceptors (Lipinski definition) is 6. The van der Waals surface area contributed by atoms with E-state index in [1.807, 2.05) is 35.9 Å². The highest BCUT2D eigenvalue weighted by Gasteiger charge is 2.23. The first-order valence-corrected chi connectivity index (χ1v) is 10.3. The molecule has 1 aliphatic heterocycles. The number of thiophene rings is 1. The van der Waals surface area contributed by atoms with Crippen molar-refractivity contribution in [1.82, 2.24) is 19.9 Å². The van der Waals surface area contributed by atoms with Gasteiger partial charge in [-0.25, -0.2) is 4.79 Å². The fourth-order valence-corrected chi connectivity index (χ4v) is 3.82. The van der Waals surface area contributed by atoms with Gasteiger partial charge in [0.05, 0.1) is 6.54 Å². The van der Waals surface area contributed by atoms with Gasteiger partial charge in [-0.3, -0.25) is 4.90 Å². The Morgan fingerprint density at radius 2 is 2.11 bits per heavy atom. The number of carbonyl (C=O) groups excluding carboxylic acids is 1. The number of aryl methyl sites for hydroxylation is 1. The largest absolute Gasteiger partial charge is 0.338 e. The first-order valence-electron chi connectivity index (χ1n) is 8.98. The van der Waals surface area contributed by atoms with Gasteiger partial charge in [0.2, 0.25) is 11.7 Å². The molecule has 1 fully saturated rings. The van der Waals surface area contributed by atoms with E-state index in [-0.39, 0.29) is 6.03 Å². The van der Waals surface area contributed by atoms with E-state index < -0.39 is 0 Å². The molecule has 1 aromatic carbocycles. The zero-order valence-electron chi connectivity index (χ0n) is 15.4. The van der Waals surface area contributed by atoms with Crippen LogP contribution in [-0.4, -0.2) is 52.2 Å². The molecule has 28 heavy (non-hydrogen) atoms. The minimum absolute atomic E-state index is 0.114. The zero-order chi connectivity index (χ0) is 19.5. The Balaban J connectivity index is 1.28. The van der Waals surface area contributed by atoms with Crippen molar-refractivity contribution in [3.63, 3.8) is 0 Å². The van der Waals surface area contributed by atoms with Crippen molar-refractivity contribution in [2.45, 2.75) is 13.5 Å². The SMILES string of the molecule is Cc1ccc(NC(=O)N2CCN(Cc3nc(-c4ccsc4)no3)CC2)cc1Cl. The van der Waals surface area contributed by atoms with Gasteiger partial charge in [-0.05, 0) is 36.1 Å². The van der Waals surface area contributed by atoms with Crippen molar-refractivity contribution in [2.24, 2.45) is 0 Å². The van der Waals surface area contributed by atoms with Gasteiger partial charge in [0, 0.05) is 47.8 Å². The second-order valence-electron chi connectivity index (χ2n) is 6.68. The maximum absolute atomic E-state index is 12.5. The molecule has 1 N–H and O–H groups in total. The molecule has 0 unspecified atom stereocenters. The van der Waals surface area contributed by atoms with Crippen LogP contribution in [0.25, 0.3) is 11.4 Å². The van der Waals surface area contributed by atoms with Crippen molar-refractivity contribution in [3.05, 3.63) is 51.5 Å². The molecule has 2 amide bonds. The van der Waals surface area contributed by atoms with Gasteiger partial charge < -0.3 is 14.7 Å². The number of halogens is 1. The molecule has 0 aliphatic carbocycles. The number of nitrogens with zero attached hydrogens (tertiary/aromatic N) is 4. The number of hydrogen-bond donors (Lipinski definition) is 1. The van der Waals surface area contributed by atoms with E-state index in [1.54, 1.807) is 22.3 Å². The third-order valence-corrected chi connectivity index (χ3v) is 5.78. The molecule has 0 bridgehead atoms. The van der Waals surface area contributed by atoms with E-state index in [1.165, 1.54) is 0 Å². The summed E-state index contributed by atoms with van der Waals surface area (Å²) < 4.78 is 5.36. The molecular formula is C19H20ClN5O2S. The summed E-state index contributed by atoms with van der Waals surface area (Å²) in [6, 6.07) is 7.38. The molecule has 0 spiro atoms. The Morgan fingerprint density at radius 3 is 2.82 bits per heavy atom. The number of anilines is 1. The second-order valence-corrected chi connectivity index (χ2v) is 7.87. The number of rotatable bonds is 4. The summed E-state index contributed by atoms with van der Waals surface area (Å²) in [4.78, 5) is 20.9. The van der Waals surface area contributed by atoms with Crippen LogP contribution in [0.3, 0.4) is 0 Å². The smallest absolute Gasteiger partial charge is 0.321 e. The Labute approximate surface area is 171 Å². The Hall–Kier alpha value is -2.42. The number of aromatic nitrogens is 2. The van der Waals surface area contributed by atoms with Crippen molar-refractivity contribution in [1.29, 1.82) is 0 Å². The molecule has 3 heterocycles. The lowest BCUT2D eigenvalue weighted by Gasteiger charge is -2.33. The van der Waals surface area contributed by atoms with Crippen LogP contribution >= 0.6 is 22.9 Å². The topological polar surface area (TPSA) is 74.5 Å². The van der Waals surface area contributed by atoms with E-state index in [0.717, 1.165) is 24.2 Å². The average Bonchev–Trinajstić information content (AvgIpc) is 3.37. The van der Waals surface area contributed by atoms with Crippen LogP contribution in [0, 0.1) is 6.92 Å². The standard InChI is InChI=1S/C19H20ClN5O2S/c1-13-2-3-15(10-16(13)20)21-19(26)25-7-5-24(6-8-25)11-17-22-18(23-27-17)14-4-9-28-12-14/h2-4,9-10,12H,5-8,11H2,1H3,(H,21,26). The molecule has 9 heteroatoms. The highest BCUT2D eigenvalue weighted by Crippen LogP contribution is 2.21. The van der Waals surface area contributed by atoms with Gasteiger partial charge in [-0.1, -0.05) is 22.8 Å². The number of amides is 2. The van der Waals surface area contributed by atoms with Crippen LogP contribution in [0.2, 0.25) is 5.02 Å². The minimum atomic E-state index is -0.114. The molecule has 0 radical (unpaired) electrons. The van der Waals surface area contributed by atoms with Gasteiger partial charge in [0.1, 0.15) is 0 Å². The van der Waals surface area contributed by atoms with Gasteiger partial charge in [-0.15, -0.1) is 0 Å². The van der Waals surface area contributed by atoms with Gasteiger partial charge >= 0.3 is 6.03 Å². The minimum Gasteiger partial charge on any atom is -0.338 e. The van der Waals surface area contributed by atoms with Crippen LogP contribution < -0.4 is 5.32 Å². The van der Waals surface area contributed by atoms with Crippen LogP contribution in [0.4, 0.5) is 10.5 Å². The number of carbonyl (C=O) groups is 1. The summed E-state index contributed by atoms with van der Waals surface area (Å²) in [5.74, 6) is 1.21. The molecule has 4 rings (SSSR count). The van der Waals surface area contributed by atoms with E-state index in [2.05, 4.69) is 20.4 Å². The van der Waals surface area contributed by atoms with E-state index in [4.69, 9.17) is 16.1 Å². The number of nitrogens with one attached hydrogen (secondary N) is 1. The molecule has 7 nitrogen and oxygen atoms in total. The van der Waals surface area contributed by atoms with Crippen molar-refractivity contribution < 1.29 is 9.32 Å². The monoisotopic (exact) mass is 417 g/mol. The maximum atomic E-state index is 12.5.